The Hall–Kier alpha value is -0.0300. The molecule has 1 unspecified atom stereocenters. The van der Waals surface area contributed by atoms with Gasteiger partial charge in [0.05, 0.1) is 12.6 Å². The van der Waals surface area contributed by atoms with Gasteiger partial charge in [-0.3, -0.25) is 8.75 Å². The van der Waals surface area contributed by atoms with Gasteiger partial charge in [0.15, 0.2) is 0 Å². The summed E-state index contributed by atoms with van der Waals surface area (Å²) in [7, 11) is 0. The molecule has 1 aromatic heterocycles. The van der Waals surface area contributed by atoms with Gasteiger partial charge in [-0.1, -0.05) is 36.5 Å². The van der Waals surface area contributed by atoms with Crippen LogP contribution in [0.5, 0.6) is 0 Å². The summed E-state index contributed by atoms with van der Waals surface area (Å²) in [5.41, 5.74) is -0.234. The van der Waals surface area contributed by atoms with Gasteiger partial charge in [0.1, 0.15) is 9.36 Å². The van der Waals surface area contributed by atoms with Crippen molar-refractivity contribution in [2.24, 2.45) is 0 Å². The number of halogens is 2. The van der Waals surface area contributed by atoms with Gasteiger partial charge in [-0.15, -0.1) is 0 Å². The Balaban J connectivity index is 2.53. The largest absolute Gasteiger partial charge is 0.377 e. The van der Waals surface area contributed by atoms with E-state index in [0.717, 1.165) is 19.4 Å². The number of ether oxygens (including phenoxy) is 1. The maximum atomic E-state index is 11.6. The lowest BCUT2D eigenvalue weighted by Crippen LogP contribution is -2.22. The van der Waals surface area contributed by atoms with Crippen LogP contribution in [0.15, 0.2) is 4.79 Å². The Bertz CT molecular complexity index is 389. The molecule has 1 rings (SSSR count). The molecular formula is C10H15Cl2NO2S. The molecule has 0 N–H and O–H groups in total. The third-order valence-electron chi connectivity index (χ3n) is 2.10. The molecule has 92 valence electrons. The van der Waals surface area contributed by atoms with Gasteiger partial charge in [0.2, 0.25) is 0 Å². The molecule has 0 amide bonds. The van der Waals surface area contributed by atoms with Crippen LogP contribution in [-0.4, -0.2) is 16.7 Å². The Morgan fingerprint density at radius 3 is 2.69 bits per heavy atom. The highest BCUT2D eigenvalue weighted by molar-refractivity contribution is 7.11. The van der Waals surface area contributed by atoms with Crippen LogP contribution >= 0.6 is 34.7 Å². The molecule has 0 radical (unpaired) electrons. The Labute approximate surface area is 109 Å². The summed E-state index contributed by atoms with van der Waals surface area (Å²) in [6.07, 6.45) is 2.13. The van der Waals surface area contributed by atoms with E-state index >= 15 is 0 Å². The lowest BCUT2D eigenvalue weighted by molar-refractivity contribution is 0.0539. The number of hydrogen-bond donors (Lipinski definition) is 0. The van der Waals surface area contributed by atoms with E-state index in [1.807, 2.05) is 6.92 Å². The quantitative estimate of drug-likeness (QED) is 0.749. The molecule has 3 nitrogen and oxygen atoms in total. The Morgan fingerprint density at radius 1 is 1.50 bits per heavy atom. The van der Waals surface area contributed by atoms with E-state index in [1.54, 1.807) is 0 Å². The van der Waals surface area contributed by atoms with Crippen molar-refractivity contribution >= 4 is 34.7 Å². The van der Waals surface area contributed by atoms with Gasteiger partial charge in [-0.2, -0.15) is 0 Å². The first-order chi connectivity index (χ1) is 7.56. The molecule has 0 bridgehead atoms. The summed E-state index contributed by atoms with van der Waals surface area (Å²) in [5.74, 6) is 0. The number of aromatic nitrogens is 1. The minimum atomic E-state index is -0.234. The second-order valence-electron chi connectivity index (χ2n) is 3.58. The fraction of sp³-hybridized carbons (Fsp3) is 0.700. The van der Waals surface area contributed by atoms with E-state index in [9.17, 15) is 4.79 Å². The number of unbranched alkanes of at least 4 members (excludes halogenated alkanes) is 1. The van der Waals surface area contributed by atoms with Crippen LogP contribution in [0.2, 0.25) is 9.36 Å². The fourth-order valence-electron chi connectivity index (χ4n) is 1.21. The summed E-state index contributed by atoms with van der Waals surface area (Å²) >= 11 is 12.6. The molecule has 0 aliphatic heterocycles. The second kappa shape index (κ2) is 6.64. The van der Waals surface area contributed by atoms with Crippen molar-refractivity contribution in [1.82, 2.24) is 3.96 Å². The highest BCUT2D eigenvalue weighted by Crippen LogP contribution is 2.23. The average molecular weight is 284 g/mol. The molecule has 0 aromatic carbocycles. The maximum Gasteiger partial charge on any atom is 0.281 e. The molecule has 0 saturated heterocycles. The zero-order valence-corrected chi connectivity index (χ0v) is 11.7. The van der Waals surface area contributed by atoms with E-state index < -0.39 is 0 Å². The molecule has 1 atom stereocenters. The predicted octanol–water partition coefficient (Wildman–Crippen LogP) is 3.42. The summed E-state index contributed by atoms with van der Waals surface area (Å²) in [4.78, 5) is 11.6. The van der Waals surface area contributed by atoms with Crippen LogP contribution in [0, 0.1) is 0 Å². The van der Waals surface area contributed by atoms with E-state index in [-0.39, 0.29) is 16.7 Å². The van der Waals surface area contributed by atoms with Crippen molar-refractivity contribution < 1.29 is 4.74 Å². The molecule has 0 saturated carbocycles. The third kappa shape index (κ3) is 3.77. The van der Waals surface area contributed by atoms with Crippen molar-refractivity contribution in [2.75, 3.05) is 6.61 Å². The minimum absolute atomic E-state index is 0.00460. The lowest BCUT2D eigenvalue weighted by Gasteiger charge is -2.12. The Morgan fingerprint density at radius 2 is 2.19 bits per heavy atom. The van der Waals surface area contributed by atoms with Crippen LogP contribution < -0.4 is 5.56 Å². The molecule has 1 aromatic rings. The zero-order valence-electron chi connectivity index (χ0n) is 9.33. The molecule has 0 spiro atoms. The van der Waals surface area contributed by atoms with Gasteiger partial charge < -0.3 is 4.74 Å². The van der Waals surface area contributed by atoms with E-state index in [0.29, 0.717) is 10.9 Å². The Kier molecular flexibility index (Phi) is 5.83. The highest BCUT2D eigenvalue weighted by atomic mass is 35.5. The van der Waals surface area contributed by atoms with E-state index in [4.69, 9.17) is 27.9 Å². The second-order valence-corrected chi connectivity index (χ2v) is 5.59. The van der Waals surface area contributed by atoms with Crippen molar-refractivity contribution in [2.45, 2.75) is 39.3 Å². The van der Waals surface area contributed by atoms with Crippen LogP contribution in [0.3, 0.4) is 0 Å². The van der Waals surface area contributed by atoms with Crippen molar-refractivity contribution in [3.63, 3.8) is 0 Å². The number of rotatable bonds is 6. The number of hydrogen-bond acceptors (Lipinski definition) is 3. The number of nitrogens with zero attached hydrogens (tertiary/aromatic N) is 1. The molecule has 6 heteroatoms. The monoisotopic (exact) mass is 283 g/mol. The van der Waals surface area contributed by atoms with E-state index in [2.05, 4.69) is 6.92 Å². The zero-order chi connectivity index (χ0) is 12.1. The van der Waals surface area contributed by atoms with Crippen LogP contribution in [0.25, 0.3) is 0 Å². The van der Waals surface area contributed by atoms with Crippen molar-refractivity contribution in [3.05, 3.63) is 19.7 Å². The molecule has 16 heavy (non-hydrogen) atoms. The molecular weight excluding hydrogens is 269 g/mol. The topological polar surface area (TPSA) is 31.2 Å². The predicted molar refractivity (Wildman–Crippen MR) is 68.9 cm³/mol. The normalized spacial score (nSPS) is 13.0. The molecule has 0 aliphatic carbocycles. The van der Waals surface area contributed by atoms with Gasteiger partial charge in [0, 0.05) is 6.61 Å². The third-order valence-corrected chi connectivity index (χ3v) is 3.96. The molecule has 1 heterocycles. The van der Waals surface area contributed by atoms with E-state index in [1.165, 1.54) is 15.5 Å². The summed E-state index contributed by atoms with van der Waals surface area (Å²) in [5, 5.41) is 0.104. The first-order valence-electron chi connectivity index (χ1n) is 5.23. The van der Waals surface area contributed by atoms with Crippen LogP contribution in [0.1, 0.15) is 26.7 Å². The summed E-state index contributed by atoms with van der Waals surface area (Å²) < 4.78 is 7.42. The fourth-order valence-corrected chi connectivity index (χ4v) is 2.61. The maximum absolute atomic E-state index is 11.6. The van der Waals surface area contributed by atoms with Crippen molar-refractivity contribution in [1.29, 1.82) is 0 Å². The minimum Gasteiger partial charge on any atom is -0.377 e. The average Bonchev–Trinajstić information content (AvgIpc) is 2.47. The standard InChI is InChI=1S/C10H15Cl2NO2S/c1-3-4-5-15-7(2)6-13-10(14)8(11)9(12)16-13/h7H,3-6H2,1-2H3. The molecule has 0 fully saturated rings. The SMILES string of the molecule is CCCCOC(C)Cn1sc(Cl)c(Cl)c1=O. The van der Waals surface area contributed by atoms with Gasteiger partial charge in [0.25, 0.3) is 5.56 Å². The van der Waals surface area contributed by atoms with Gasteiger partial charge in [-0.25, -0.2) is 0 Å². The first kappa shape index (κ1) is 14.0. The van der Waals surface area contributed by atoms with Crippen molar-refractivity contribution in [3.8, 4) is 0 Å². The molecule has 0 aliphatic rings. The smallest absolute Gasteiger partial charge is 0.281 e. The van der Waals surface area contributed by atoms with Crippen LogP contribution in [-0.2, 0) is 11.3 Å². The summed E-state index contributed by atoms with van der Waals surface area (Å²) in [6, 6.07) is 0. The van der Waals surface area contributed by atoms with Gasteiger partial charge in [-0.05, 0) is 24.9 Å². The summed E-state index contributed by atoms with van der Waals surface area (Å²) in [6.45, 7) is 5.26. The van der Waals surface area contributed by atoms with Gasteiger partial charge >= 0.3 is 0 Å². The van der Waals surface area contributed by atoms with Crippen LogP contribution in [0.4, 0.5) is 0 Å². The first-order valence-corrected chi connectivity index (χ1v) is 6.76. The highest BCUT2D eigenvalue weighted by Gasteiger charge is 2.13. The lowest BCUT2D eigenvalue weighted by atomic mass is 10.3.